The van der Waals surface area contributed by atoms with Crippen LogP contribution in [-0.4, -0.2) is 24.3 Å². The van der Waals surface area contributed by atoms with E-state index in [9.17, 15) is 5.11 Å². The first-order chi connectivity index (χ1) is 8.22. The molecule has 0 aromatic heterocycles. The molecule has 1 fully saturated rings. The molecule has 0 radical (unpaired) electrons. The lowest BCUT2D eigenvalue weighted by Crippen LogP contribution is -2.38. The Morgan fingerprint density at radius 2 is 2.18 bits per heavy atom. The Morgan fingerprint density at radius 3 is 2.94 bits per heavy atom. The van der Waals surface area contributed by atoms with Crippen molar-refractivity contribution in [3.05, 3.63) is 23.2 Å². The number of aliphatic hydroxyl groups excluding tert-OH is 1. The van der Waals surface area contributed by atoms with Crippen molar-refractivity contribution in [1.82, 2.24) is 0 Å². The van der Waals surface area contributed by atoms with Crippen LogP contribution in [0.15, 0.2) is 18.2 Å². The molecule has 0 saturated carbocycles. The van der Waals surface area contributed by atoms with E-state index in [-0.39, 0.29) is 12.6 Å². The van der Waals surface area contributed by atoms with Gasteiger partial charge in [0.15, 0.2) is 0 Å². The summed E-state index contributed by atoms with van der Waals surface area (Å²) in [6.07, 6.45) is 4.54. The number of hydrogen-bond acceptors (Lipinski definition) is 3. The highest BCUT2D eigenvalue weighted by atomic mass is 35.5. The average Bonchev–Trinajstić information content (AvgIpc) is 2.57. The Bertz CT molecular complexity index is 384. The first-order valence-corrected chi connectivity index (χ1v) is 6.52. The molecule has 1 aromatic carbocycles. The van der Waals surface area contributed by atoms with Crippen LogP contribution in [0.25, 0.3) is 0 Å². The summed E-state index contributed by atoms with van der Waals surface area (Å²) in [7, 11) is 0. The number of anilines is 2. The molecule has 1 heterocycles. The fourth-order valence-corrected chi connectivity index (χ4v) is 2.62. The third kappa shape index (κ3) is 2.85. The van der Waals surface area contributed by atoms with E-state index in [4.69, 9.17) is 17.3 Å². The van der Waals surface area contributed by atoms with E-state index in [1.807, 2.05) is 12.1 Å². The summed E-state index contributed by atoms with van der Waals surface area (Å²) in [5, 5.41) is 10.2. The first-order valence-electron chi connectivity index (χ1n) is 6.15. The smallest absolute Gasteiger partial charge is 0.0635 e. The standard InChI is InChI=1S/C13H19ClN2O/c14-10-5-6-12(15)13(8-10)16-7-3-1-2-4-11(16)9-17/h5-6,8,11,17H,1-4,7,9,15H2. The van der Waals surface area contributed by atoms with Gasteiger partial charge in [-0.15, -0.1) is 0 Å². The summed E-state index contributed by atoms with van der Waals surface area (Å²) >= 11 is 6.02. The Kier molecular flexibility index (Phi) is 4.13. The average molecular weight is 255 g/mol. The predicted molar refractivity (Wildman–Crippen MR) is 72.6 cm³/mol. The van der Waals surface area contributed by atoms with Crippen molar-refractivity contribution >= 4 is 23.0 Å². The van der Waals surface area contributed by atoms with Crippen molar-refractivity contribution in [1.29, 1.82) is 0 Å². The van der Waals surface area contributed by atoms with E-state index in [2.05, 4.69) is 4.90 Å². The van der Waals surface area contributed by atoms with Crippen molar-refractivity contribution < 1.29 is 5.11 Å². The maximum Gasteiger partial charge on any atom is 0.0635 e. The summed E-state index contributed by atoms with van der Waals surface area (Å²) in [5.74, 6) is 0. The van der Waals surface area contributed by atoms with Crippen molar-refractivity contribution in [2.24, 2.45) is 0 Å². The second-order valence-electron chi connectivity index (χ2n) is 4.58. The molecule has 1 aromatic rings. The lowest BCUT2D eigenvalue weighted by atomic mass is 10.1. The SMILES string of the molecule is Nc1ccc(Cl)cc1N1CCCCCC1CO. The monoisotopic (exact) mass is 254 g/mol. The Labute approximate surface area is 107 Å². The summed E-state index contributed by atoms with van der Waals surface area (Å²) in [6.45, 7) is 1.11. The maximum absolute atomic E-state index is 9.49. The molecule has 1 unspecified atom stereocenters. The van der Waals surface area contributed by atoms with Gasteiger partial charge < -0.3 is 15.7 Å². The van der Waals surface area contributed by atoms with E-state index in [0.717, 1.165) is 30.8 Å². The maximum atomic E-state index is 9.49. The molecule has 2 rings (SSSR count). The van der Waals surface area contributed by atoms with Crippen LogP contribution in [0.4, 0.5) is 11.4 Å². The molecular weight excluding hydrogens is 236 g/mol. The van der Waals surface area contributed by atoms with Crippen LogP contribution in [0.3, 0.4) is 0 Å². The van der Waals surface area contributed by atoms with Crippen molar-refractivity contribution in [2.45, 2.75) is 31.7 Å². The molecular formula is C13H19ClN2O. The largest absolute Gasteiger partial charge is 0.397 e. The van der Waals surface area contributed by atoms with Crippen LogP contribution in [0.2, 0.25) is 5.02 Å². The van der Waals surface area contributed by atoms with Gasteiger partial charge in [0.05, 0.1) is 24.0 Å². The molecule has 3 nitrogen and oxygen atoms in total. The van der Waals surface area contributed by atoms with Gasteiger partial charge in [-0.25, -0.2) is 0 Å². The van der Waals surface area contributed by atoms with Gasteiger partial charge in [-0.2, -0.15) is 0 Å². The van der Waals surface area contributed by atoms with E-state index >= 15 is 0 Å². The third-order valence-corrected chi connectivity index (χ3v) is 3.62. The van der Waals surface area contributed by atoms with Gasteiger partial charge in [0.25, 0.3) is 0 Å². The van der Waals surface area contributed by atoms with Crippen LogP contribution >= 0.6 is 11.6 Å². The fourth-order valence-electron chi connectivity index (χ4n) is 2.45. The zero-order valence-corrected chi connectivity index (χ0v) is 10.7. The van der Waals surface area contributed by atoms with Gasteiger partial charge in [0, 0.05) is 11.6 Å². The lowest BCUT2D eigenvalue weighted by molar-refractivity contribution is 0.255. The number of halogens is 1. The first kappa shape index (κ1) is 12.5. The molecule has 1 aliphatic heterocycles. The van der Waals surface area contributed by atoms with Crippen molar-refractivity contribution in [3.63, 3.8) is 0 Å². The number of hydrogen-bond donors (Lipinski definition) is 2. The van der Waals surface area contributed by atoms with Crippen molar-refractivity contribution in [2.75, 3.05) is 23.8 Å². The summed E-state index contributed by atoms with van der Waals surface area (Å²) in [4.78, 5) is 2.20. The number of nitrogens with zero attached hydrogens (tertiary/aromatic N) is 1. The van der Waals surface area contributed by atoms with Crippen LogP contribution < -0.4 is 10.6 Å². The molecule has 4 heteroatoms. The minimum Gasteiger partial charge on any atom is -0.397 e. The van der Waals surface area contributed by atoms with E-state index in [1.54, 1.807) is 6.07 Å². The van der Waals surface area contributed by atoms with Gasteiger partial charge >= 0.3 is 0 Å². The van der Waals surface area contributed by atoms with Gasteiger partial charge in [-0.1, -0.05) is 24.4 Å². The molecule has 0 amide bonds. The number of nitrogen functional groups attached to an aromatic ring is 1. The third-order valence-electron chi connectivity index (χ3n) is 3.39. The molecule has 1 saturated heterocycles. The van der Waals surface area contributed by atoms with Gasteiger partial charge in [-0.3, -0.25) is 0 Å². The zero-order valence-electron chi connectivity index (χ0n) is 9.90. The highest BCUT2D eigenvalue weighted by molar-refractivity contribution is 6.31. The Hall–Kier alpha value is -0.930. The van der Waals surface area contributed by atoms with Crippen LogP contribution in [0.1, 0.15) is 25.7 Å². The molecule has 0 aliphatic carbocycles. The Balaban J connectivity index is 2.31. The van der Waals surface area contributed by atoms with E-state index < -0.39 is 0 Å². The summed E-state index contributed by atoms with van der Waals surface area (Å²) in [6, 6.07) is 5.69. The van der Waals surface area contributed by atoms with Crippen LogP contribution in [0, 0.1) is 0 Å². The molecule has 3 N–H and O–H groups in total. The highest BCUT2D eigenvalue weighted by Crippen LogP contribution is 2.31. The topological polar surface area (TPSA) is 49.5 Å². The van der Waals surface area contributed by atoms with Gasteiger partial charge in [-0.05, 0) is 31.0 Å². The number of rotatable bonds is 2. The molecule has 1 aliphatic rings. The second-order valence-corrected chi connectivity index (χ2v) is 5.02. The molecule has 0 spiro atoms. The van der Waals surface area contributed by atoms with Crippen molar-refractivity contribution in [3.8, 4) is 0 Å². The molecule has 1 atom stereocenters. The second kappa shape index (κ2) is 5.61. The predicted octanol–water partition coefficient (Wildman–Crippen LogP) is 2.66. The molecule has 17 heavy (non-hydrogen) atoms. The Morgan fingerprint density at radius 1 is 1.35 bits per heavy atom. The van der Waals surface area contributed by atoms with Gasteiger partial charge in [0.1, 0.15) is 0 Å². The normalized spacial score (nSPS) is 21.3. The molecule has 94 valence electrons. The van der Waals surface area contributed by atoms with E-state index in [1.165, 1.54) is 12.8 Å². The minimum absolute atomic E-state index is 0.165. The fraction of sp³-hybridized carbons (Fsp3) is 0.538. The molecule has 0 bridgehead atoms. The lowest BCUT2D eigenvalue weighted by Gasteiger charge is -2.31. The van der Waals surface area contributed by atoms with Gasteiger partial charge in [0.2, 0.25) is 0 Å². The number of benzene rings is 1. The number of aliphatic hydroxyl groups is 1. The quantitative estimate of drug-likeness (QED) is 0.798. The summed E-state index contributed by atoms with van der Waals surface area (Å²) in [5.41, 5.74) is 7.69. The highest BCUT2D eigenvalue weighted by Gasteiger charge is 2.22. The van der Waals surface area contributed by atoms with Crippen LogP contribution in [0.5, 0.6) is 0 Å². The summed E-state index contributed by atoms with van der Waals surface area (Å²) < 4.78 is 0. The number of nitrogens with two attached hydrogens (primary N) is 1. The minimum atomic E-state index is 0.165. The van der Waals surface area contributed by atoms with Crippen LogP contribution in [-0.2, 0) is 0 Å². The zero-order chi connectivity index (χ0) is 12.3. The van der Waals surface area contributed by atoms with E-state index in [0.29, 0.717) is 5.02 Å².